The van der Waals surface area contributed by atoms with Gasteiger partial charge < -0.3 is 14.6 Å². The largest absolute Gasteiger partial charge is 0.497 e. The fourth-order valence-corrected chi connectivity index (χ4v) is 1.91. The lowest BCUT2D eigenvalue weighted by molar-refractivity contribution is 0.415. The topological polar surface area (TPSA) is 26.2 Å². The maximum absolute atomic E-state index is 5.24. The predicted octanol–water partition coefficient (Wildman–Crippen LogP) is 3.44. The van der Waals surface area contributed by atoms with Gasteiger partial charge in [0, 0.05) is 37.2 Å². The molecule has 0 bridgehead atoms. The lowest BCUT2D eigenvalue weighted by Crippen LogP contribution is -2.00. The van der Waals surface area contributed by atoms with Crippen molar-refractivity contribution in [1.82, 2.24) is 4.57 Å². The molecule has 1 heterocycles. The van der Waals surface area contributed by atoms with Gasteiger partial charge >= 0.3 is 0 Å². The molecule has 18 heavy (non-hydrogen) atoms. The van der Waals surface area contributed by atoms with Crippen LogP contribution in [-0.4, -0.2) is 11.7 Å². The van der Waals surface area contributed by atoms with Crippen LogP contribution in [-0.2, 0) is 13.1 Å². The number of benzene rings is 1. The molecule has 0 saturated heterocycles. The molecule has 2 aromatic rings. The maximum atomic E-state index is 5.24. The van der Waals surface area contributed by atoms with E-state index in [1.54, 1.807) is 7.11 Å². The van der Waals surface area contributed by atoms with Crippen LogP contribution >= 0.6 is 0 Å². The van der Waals surface area contributed by atoms with E-state index in [4.69, 9.17) is 4.74 Å². The number of aromatic nitrogens is 1. The first kappa shape index (κ1) is 12.6. The van der Waals surface area contributed by atoms with Crippen molar-refractivity contribution in [3.8, 4) is 5.75 Å². The minimum atomic E-state index is 0.834. The molecule has 0 radical (unpaired) electrons. The Labute approximate surface area is 108 Å². The third-order valence-corrected chi connectivity index (χ3v) is 3.10. The van der Waals surface area contributed by atoms with Crippen LogP contribution in [0, 0.1) is 6.92 Å². The number of nitrogens with zero attached hydrogens (tertiary/aromatic N) is 1. The molecular weight excluding hydrogens is 224 g/mol. The zero-order valence-corrected chi connectivity index (χ0v) is 11.2. The number of nitrogens with one attached hydrogen (secondary N) is 1. The van der Waals surface area contributed by atoms with Crippen LogP contribution in [0.1, 0.15) is 18.1 Å². The summed E-state index contributed by atoms with van der Waals surface area (Å²) in [6.07, 6.45) is 4.28. The lowest BCUT2D eigenvalue weighted by Gasteiger charge is -2.10. The second-order valence-corrected chi connectivity index (χ2v) is 4.38. The molecular formula is C15H20N2O. The summed E-state index contributed by atoms with van der Waals surface area (Å²) in [7, 11) is 1.69. The number of aryl methyl sites for hydroxylation is 2. The van der Waals surface area contributed by atoms with E-state index < -0.39 is 0 Å². The summed E-state index contributed by atoms with van der Waals surface area (Å²) in [5.41, 5.74) is 3.64. The standard InChI is InChI=1S/C15H20N2O/c1-4-17-8-7-13(11-17)10-16-15-9-14(18-3)6-5-12(15)2/h5-9,11,16H,4,10H2,1-3H3. The number of hydrogen-bond acceptors (Lipinski definition) is 2. The molecule has 0 saturated carbocycles. The highest BCUT2D eigenvalue weighted by molar-refractivity contribution is 5.54. The van der Waals surface area contributed by atoms with Gasteiger partial charge in [-0.05, 0) is 37.1 Å². The van der Waals surface area contributed by atoms with Crippen molar-refractivity contribution >= 4 is 5.69 Å². The monoisotopic (exact) mass is 244 g/mol. The Morgan fingerprint density at radius 3 is 2.78 bits per heavy atom. The van der Waals surface area contributed by atoms with Crippen molar-refractivity contribution in [3.63, 3.8) is 0 Å². The molecule has 0 fully saturated rings. The van der Waals surface area contributed by atoms with E-state index in [1.165, 1.54) is 11.1 Å². The van der Waals surface area contributed by atoms with Gasteiger partial charge in [0.1, 0.15) is 5.75 Å². The van der Waals surface area contributed by atoms with Gasteiger partial charge in [0.15, 0.2) is 0 Å². The molecule has 1 N–H and O–H groups in total. The highest BCUT2D eigenvalue weighted by Gasteiger charge is 2.01. The third kappa shape index (κ3) is 2.86. The molecule has 0 aliphatic carbocycles. The fraction of sp³-hybridized carbons (Fsp3) is 0.333. The van der Waals surface area contributed by atoms with Crippen LogP contribution in [0.3, 0.4) is 0 Å². The normalized spacial score (nSPS) is 10.4. The van der Waals surface area contributed by atoms with Crippen LogP contribution in [0.2, 0.25) is 0 Å². The Morgan fingerprint density at radius 2 is 2.11 bits per heavy atom. The first-order valence-electron chi connectivity index (χ1n) is 6.26. The van der Waals surface area contributed by atoms with Crippen molar-refractivity contribution in [2.75, 3.05) is 12.4 Å². The summed E-state index contributed by atoms with van der Waals surface area (Å²) >= 11 is 0. The average Bonchev–Trinajstić information content (AvgIpc) is 2.86. The van der Waals surface area contributed by atoms with Gasteiger partial charge in [-0.1, -0.05) is 6.07 Å². The molecule has 0 unspecified atom stereocenters. The maximum Gasteiger partial charge on any atom is 0.120 e. The van der Waals surface area contributed by atoms with E-state index >= 15 is 0 Å². The molecule has 96 valence electrons. The molecule has 1 aromatic heterocycles. The molecule has 2 rings (SSSR count). The fourth-order valence-electron chi connectivity index (χ4n) is 1.91. The summed E-state index contributed by atoms with van der Waals surface area (Å²) < 4.78 is 7.42. The molecule has 3 heteroatoms. The predicted molar refractivity (Wildman–Crippen MR) is 75.2 cm³/mol. The van der Waals surface area contributed by atoms with Crippen LogP contribution in [0.5, 0.6) is 5.75 Å². The van der Waals surface area contributed by atoms with Crippen LogP contribution < -0.4 is 10.1 Å². The smallest absolute Gasteiger partial charge is 0.120 e. The van der Waals surface area contributed by atoms with Gasteiger partial charge in [0.05, 0.1) is 7.11 Å². The van der Waals surface area contributed by atoms with Crippen LogP contribution in [0.15, 0.2) is 36.7 Å². The number of methoxy groups -OCH3 is 1. The van der Waals surface area contributed by atoms with Crippen molar-refractivity contribution in [3.05, 3.63) is 47.8 Å². The first-order valence-corrected chi connectivity index (χ1v) is 6.26. The highest BCUT2D eigenvalue weighted by Crippen LogP contribution is 2.22. The average molecular weight is 244 g/mol. The van der Waals surface area contributed by atoms with Crippen molar-refractivity contribution in [1.29, 1.82) is 0 Å². The number of anilines is 1. The van der Waals surface area contributed by atoms with E-state index in [0.717, 1.165) is 24.5 Å². The van der Waals surface area contributed by atoms with Gasteiger partial charge in [-0.15, -0.1) is 0 Å². The van der Waals surface area contributed by atoms with Gasteiger partial charge in [0.2, 0.25) is 0 Å². The van der Waals surface area contributed by atoms with E-state index in [1.807, 2.05) is 12.1 Å². The summed E-state index contributed by atoms with van der Waals surface area (Å²) in [5.74, 6) is 0.884. The molecule has 0 aliphatic heterocycles. The minimum Gasteiger partial charge on any atom is -0.497 e. The summed E-state index contributed by atoms with van der Waals surface area (Å²) in [4.78, 5) is 0. The Bertz CT molecular complexity index is 517. The molecule has 0 atom stereocenters. The first-order chi connectivity index (χ1) is 8.72. The summed E-state index contributed by atoms with van der Waals surface area (Å²) in [5, 5.41) is 3.45. The number of rotatable bonds is 5. The Kier molecular flexibility index (Phi) is 3.92. The summed E-state index contributed by atoms with van der Waals surface area (Å²) in [6.45, 7) is 6.08. The summed E-state index contributed by atoms with van der Waals surface area (Å²) in [6, 6.07) is 8.23. The van der Waals surface area contributed by atoms with Gasteiger partial charge in [-0.25, -0.2) is 0 Å². The van der Waals surface area contributed by atoms with Gasteiger partial charge in [-0.3, -0.25) is 0 Å². The molecule has 0 amide bonds. The SMILES string of the molecule is CCn1ccc(CNc2cc(OC)ccc2C)c1. The Morgan fingerprint density at radius 1 is 1.28 bits per heavy atom. The van der Waals surface area contributed by atoms with Gasteiger partial charge in [0.25, 0.3) is 0 Å². The zero-order valence-electron chi connectivity index (χ0n) is 11.2. The van der Waals surface area contributed by atoms with Crippen molar-refractivity contribution < 1.29 is 4.74 Å². The third-order valence-electron chi connectivity index (χ3n) is 3.10. The Balaban J connectivity index is 2.05. The van der Waals surface area contributed by atoms with Crippen molar-refractivity contribution in [2.24, 2.45) is 0 Å². The zero-order chi connectivity index (χ0) is 13.0. The van der Waals surface area contributed by atoms with Crippen molar-refractivity contribution in [2.45, 2.75) is 26.9 Å². The van der Waals surface area contributed by atoms with E-state index in [9.17, 15) is 0 Å². The molecule has 3 nitrogen and oxygen atoms in total. The van der Waals surface area contributed by atoms with Crippen LogP contribution in [0.25, 0.3) is 0 Å². The minimum absolute atomic E-state index is 0.834. The molecule has 0 aliphatic rings. The quantitative estimate of drug-likeness (QED) is 0.872. The molecule has 0 spiro atoms. The van der Waals surface area contributed by atoms with Gasteiger partial charge in [-0.2, -0.15) is 0 Å². The molecule has 1 aromatic carbocycles. The Hall–Kier alpha value is -1.90. The number of ether oxygens (including phenoxy) is 1. The lowest BCUT2D eigenvalue weighted by atomic mass is 10.2. The van der Waals surface area contributed by atoms with E-state index in [-0.39, 0.29) is 0 Å². The second-order valence-electron chi connectivity index (χ2n) is 4.38. The highest BCUT2D eigenvalue weighted by atomic mass is 16.5. The van der Waals surface area contributed by atoms with E-state index in [2.05, 4.69) is 48.3 Å². The van der Waals surface area contributed by atoms with E-state index in [0.29, 0.717) is 0 Å². The second kappa shape index (κ2) is 5.63. The van der Waals surface area contributed by atoms with Crippen LogP contribution in [0.4, 0.5) is 5.69 Å². The number of hydrogen-bond donors (Lipinski definition) is 1.